The molecule has 0 saturated carbocycles. The van der Waals surface area contributed by atoms with Gasteiger partial charge in [-0.3, -0.25) is 0 Å². The molecule has 0 atom stereocenters. The number of nitrogens with two attached hydrogens (primary N) is 2. The summed E-state index contributed by atoms with van der Waals surface area (Å²) in [5, 5.41) is 7.29. The average molecular weight is 401 g/mol. The van der Waals surface area contributed by atoms with Crippen LogP contribution in [0.3, 0.4) is 0 Å². The Bertz CT molecular complexity index is 628. The molecule has 0 amide bonds. The number of benzene rings is 1. The molecule has 0 saturated heterocycles. The molecule has 9 heteroatoms. The molecule has 0 aliphatic heterocycles. The van der Waals surface area contributed by atoms with Gasteiger partial charge in [0.25, 0.3) is 0 Å². The lowest BCUT2D eigenvalue weighted by Gasteiger charge is -2.14. The summed E-state index contributed by atoms with van der Waals surface area (Å²) in [6.45, 7) is 5.59. The molecule has 0 aliphatic carbocycles. The molecule has 0 radical (unpaired) electrons. The third-order valence-corrected chi connectivity index (χ3v) is 3.13. The van der Waals surface area contributed by atoms with E-state index in [0.29, 0.717) is 28.1 Å². The number of esters is 1. The number of carbonyl (C=O) groups excluding carboxylic acids is 1. The van der Waals surface area contributed by atoms with Gasteiger partial charge in [0.05, 0.1) is 18.9 Å². The Kier molecular flexibility index (Phi) is 8.03. The number of hydrogen-bond acceptors (Lipinski definition) is 6. The zero-order valence-electron chi connectivity index (χ0n) is 13.8. The van der Waals surface area contributed by atoms with Crippen LogP contribution in [0.2, 0.25) is 0 Å². The Morgan fingerprint density at radius 1 is 1.29 bits per heavy atom. The first-order valence-electron chi connectivity index (χ1n) is 7.24. The minimum absolute atomic E-state index is 0.143. The van der Waals surface area contributed by atoms with Crippen molar-refractivity contribution in [2.75, 3.05) is 13.2 Å². The predicted octanol–water partition coefficient (Wildman–Crippen LogP) is 1.79. The third-order valence-electron chi connectivity index (χ3n) is 2.45. The highest BCUT2D eigenvalue weighted by molar-refractivity contribution is 9.10. The summed E-state index contributed by atoms with van der Waals surface area (Å²) in [6, 6.07) is 3.37. The van der Waals surface area contributed by atoms with Crippen LogP contribution in [-0.2, 0) is 9.53 Å². The van der Waals surface area contributed by atoms with Gasteiger partial charge >= 0.3 is 5.97 Å². The van der Waals surface area contributed by atoms with Gasteiger partial charge in [-0.15, -0.1) is 5.10 Å². The van der Waals surface area contributed by atoms with E-state index >= 15 is 0 Å². The van der Waals surface area contributed by atoms with Crippen LogP contribution in [0.15, 0.2) is 26.8 Å². The zero-order valence-corrected chi connectivity index (χ0v) is 15.4. The molecular weight excluding hydrogens is 380 g/mol. The molecular formula is C15H21BrN4O4. The maximum Gasteiger partial charge on any atom is 0.344 e. The molecule has 1 aromatic carbocycles. The number of hydrogen-bond donors (Lipinski definition) is 2. The van der Waals surface area contributed by atoms with Crippen LogP contribution >= 0.6 is 15.9 Å². The fourth-order valence-electron chi connectivity index (χ4n) is 1.62. The molecule has 1 aromatic rings. The Morgan fingerprint density at radius 2 is 1.96 bits per heavy atom. The normalized spacial score (nSPS) is 10.7. The van der Waals surface area contributed by atoms with Crippen molar-refractivity contribution in [1.29, 1.82) is 0 Å². The van der Waals surface area contributed by atoms with E-state index in [2.05, 4.69) is 26.1 Å². The van der Waals surface area contributed by atoms with Crippen LogP contribution in [-0.4, -0.2) is 37.5 Å². The molecule has 132 valence electrons. The molecule has 0 spiro atoms. The van der Waals surface area contributed by atoms with Gasteiger partial charge in [-0.05, 0) is 48.8 Å². The van der Waals surface area contributed by atoms with Gasteiger partial charge in [-0.25, -0.2) is 4.79 Å². The second-order valence-corrected chi connectivity index (χ2v) is 5.70. The molecule has 8 nitrogen and oxygen atoms in total. The molecule has 24 heavy (non-hydrogen) atoms. The molecule has 0 heterocycles. The smallest absolute Gasteiger partial charge is 0.344 e. The number of carbonyl (C=O) groups is 1. The third kappa shape index (κ3) is 6.86. The number of halogens is 1. The standard InChI is InChI=1S/C15H21BrN4O4/c1-4-22-12-5-10(7-19-20-15(17)18)11(16)6-13(12)23-8-14(21)24-9(2)3/h5-7,9H,4,8H2,1-3H3,(H4,17,18,20). The van der Waals surface area contributed by atoms with Crippen molar-refractivity contribution in [3.8, 4) is 11.5 Å². The van der Waals surface area contributed by atoms with Gasteiger partial charge in [0.2, 0.25) is 5.96 Å². The highest BCUT2D eigenvalue weighted by Crippen LogP contribution is 2.33. The maximum atomic E-state index is 11.6. The van der Waals surface area contributed by atoms with Crippen LogP contribution in [0, 0.1) is 0 Å². The van der Waals surface area contributed by atoms with Crippen molar-refractivity contribution >= 4 is 34.1 Å². The summed E-state index contributed by atoms with van der Waals surface area (Å²) < 4.78 is 16.7. The van der Waals surface area contributed by atoms with Gasteiger partial charge in [-0.2, -0.15) is 5.10 Å². The van der Waals surface area contributed by atoms with E-state index in [1.54, 1.807) is 26.0 Å². The summed E-state index contributed by atoms with van der Waals surface area (Å²) >= 11 is 3.39. The second-order valence-electron chi connectivity index (χ2n) is 4.85. The summed E-state index contributed by atoms with van der Waals surface area (Å²) in [4.78, 5) is 11.6. The second kappa shape index (κ2) is 9.76. The lowest BCUT2D eigenvalue weighted by Crippen LogP contribution is -2.21. The molecule has 1 rings (SSSR count). The van der Waals surface area contributed by atoms with E-state index in [4.69, 9.17) is 25.7 Å². The summed E-state index contributed by atoms with van der Waals surface area (Å²) in [5.41, 5.74) is 11.1. The lowest BCUT2D eigenvalue weighted by molar-refractivity contribution is -0.149. The predicted molar refractivity (Wildman–Crippen MR) is 95.4 cm³/mol. The van der Waals surface area contributed by atoms with Crippen molar-refractivity contribution in [2.45, 2.75) is 26.9 Å². The summed E-state index contributed by atoms with van der Waals surface area (Å²) in [6.07, 6.45) is 1.26. The number of rotatable bonds is 8. The zero-order chi connectivity index (χ0) is 18.1. The van der Waals surface area contributed by atoms with E-state index in [0.717, 1.165) is 0 Å². The van der Waals surface area contributed by atoms with E-state index in [-0.39, 0.29) is 18.7 Å². The minimum atomic E-state index is -0.457. The van der Waals surface area contributed by atoms with Gasteiger partial charge < -0.3 is 25.7 Å². The highest BCUT2D eigenvalue weighted by Gasteiger charge is 2.13. The topological polar surface area (TPSA) is 122 Å². The quantitative estimate of drug-likeness (QED) is 0.296. The Morgan fingerprint density at radius 3 is 2.54 bits per heavy atom. The first-order valence-corrected chi connectivity index (χ1v) is 8.03. The SMILES string of the molecule is CCOc1cc(C=NN=C(N)N)c(Br)cc1OCC(=O)OC(C)C. The van der Waals surface area contributed by atoms with Crippen molar-refractivity contribution in [2.24, 2.45) is 21.7 Å². The molecule has 0 aliphatic rings. The van der Waals surface area contributed by atoms with Crippen LogP contribution in [0.1, 0.15) is 26.3 Å². The van der Waals surface area contributed by atoms with E-state index in [9.17, 15) is 4.79 Å². The summed E-state index contributed by atoms with van der Waals surface area (Å²) in [5.74, 6) is 0.269. The van der Waals surface area contributed by atoms with Crippen molar-refractivity contribution in [3.63, 3.8) is 0 Å². The fourth-order valence-corrected chi connectivity index (χ4v) is 2.05. The van der Waals surface area contributed by atoms with Gasteiger partial charge in [-0.1, -0.05) is 0 Å². The van der Waals surface area contributed by atoms with Crippen LogP contribution in [0.5, 0.6) is 11.5 Å². The van der Waals surface area contributed by atoms with Crippen LogP contribution < -0.4 is 20.9 Å². The Hall–Kier alpha value is -2.29. The van der Waals surface area contributed by atoms with E-state index in [1.165, 1.54) is 6.21 Å². The first-order chi connectivity index (χ1) is 11.3. The van der Waals surface area contributed by atoms with Gasteiger partial charge in [0.15, 0.2) is 18.1 Å². The molecule has 0 aromatic heterocycles. The lowest BCUT2D eigenvalue weighted by atomic mass is 10.2. The van der Waals surface area contributed by atoms with Crippen molar-refractivity contribution in [1.82, 2.24) is 0 Å². The average Bonchev–Trinajstić information content (AvgIpc) is 2.47. The Labute approximate surface area is 149 Å². The monoisotopic (exact) mass is 400 g/mol. The van der Waals surface area contributed by atoms with Gasteiger partial charge in [0, 0.05) is 10.0 Å². The minimum Gasteiger partial charge on any atom is -0.490 e. The van der Waals surface area contributed by atoms with Crippen molar-refractivity contribution in [3.05, 3.63) is 22.2 Å². The van der Waals surface area contributed by atoms with Gasteiger partial charge in [0.1, 0.15) is 0 Å². The number of guanidine groups is 1. The Balaban J connectivity index is 2.96. The van der Waals surface area contributed by atoms with E-state index in [1.807, 2.05) is 6.92 Å². The van der Waals surface area contributed by atoms with E-state index < -0.39 is 5.97 Å². The number of ether oxygens (including phenoxy) is 3. The summed E-state index contributed by atoms with van der Waals surface area (Å²) in [7, 11) is 0. The molecule has 0 fully saturated rings. The number of nitrogens with zero attached hydrogens (tertiary/aromatic N) is 2. The molecule has 4 N–H and O–H groups in total. The largest absolute Gasteiger partial charge is 0.490 e. The van der Waals surface area contributed by atoms with Crippen LogP contribution in [0.25, 0.3) is 0 Å². The maximum absolute atomic E-state index is 11.6. The molecule has 0 unspecified atom stereocenters. The first kappa shape index (κ1) is 19.8. The van der Waals surface area contributed by atoms with Crippen molar-refractivity contribution < 1.29 is 19.0 Å². The van der Waals surface area contributed by atoms with Crippen LogP contribution in [0.4, 0.5) is 0 Å². The highest BCUT2D eigenvalue weighted by atomic mass is 79.9. The molecule has 0 bridgehead atoms. The fraction of sp³-hybridized carbons (Fsp3) is 0.400.